The molecule has 0 aliphatic carbocycles. The Morgan fingerprint density at radius 1 is 1.00 bits per heavy atom. The van der Waals surface area contributed by atoms with Crippen LogP contribution in [0.15, 0.2) is 71.7 Å². The maximum Gasteiger partial charge on any atom is 0.329 e. The molecule has 0 saturated carbocycles. The first-order valence-corrected chi connectivity index (χ1v) is 15.5. The average molecular weight is 648 g/mol. The number of carbonyl (C=O) groups excluding carboxylic acids is 1. The molecule has 0 bridgehead atoms. The van der Waals surface area contributed by atoms with Crippen molar-refractivity contribution in [3.05, 3.63) is 111 Å². The number of anilines is 1. The van der Waals surface area contributed by atoms with Crippen molar-refractivity contribution in [3.8, 4) is 22.6 Å². The van der Waals surface area contributed by atoms with Crippen LogP contribution in [-0.4, -0.2) is 32.0 Å². The Labute approximate surface area is 266 Å². The highest BCUT2D eigenvalue weighted by Gasteiger charge is 2.26. The van der Waals surface area contributed by atoms with Crippen LogP contribution in [0.25, 0.3) is 22.0 Å². The first kappa shape index (κ1) is 33.0. The van der Waals surface area contributed by atoms with E-state index in [0.29, 0.717) is 50.4 Å². The third-order valence-corrected chi connectivity index (χ3v) is 8.05. The Hall–Kier alpha value is -4.38. The van der Waals surface area contributed by atoms with E-state index in [1.54, 1.807) is 71.3 Å². The molecule has 2 heterocycles. The zero-order valence-corrected chi connectivity index (χ0v) is 27.2. The van der Waals surface area contributed by atoms with Crippen molar-refractivity contribution in [1.29, 1.82) is 0 Å². The molecule has 2 aromatic heterocycles. The minimum absolute atomic E-state index is 0.189. The summed E-state index contributed by atoms with van der Waals surface area (Å²) < 4.78 is 32.7. The van der Waals surface area contributed by atoms with Crippen LogP contribution in [0, 0.1) is 26.6 Å². The second-order valence-corrected chi connectivity index (χ2v) is 12.4. The highest BCUT2D eigenvalue weighted by Crippen LogP contribution is 2.41. The molecule has 46 heavy (non-hydrogen) atoms. The van der Waals surface area contributed by atoms with Gasteiger partial charge in [-0.25, -0.2) is 4.39 Å². The molecule has 4 N–H and O–H groups in total. The molecule has 240 valence electrons. The van der Waals surface area contributed by atoms with Crippen molar-refractivity contribution in [2.75, 3.05) is 12.1 Å². The Bertz CT molecular complexity index is 1960. The van der Waals surface area contributed by atoms with E-state index >= 15 is 0 Å². The van der Waals surface area contributed by atoms with Crippen molar-refractivity contribution < 1.29 is 33.0 Å². The molecule has 0 radical (unpaired) electrons. The number of benzene rings is 3. The number of nitrogens with zero attached hydrogens (tertiary/aromatic N) is 1. The maximum atomic E-state index is 14.1. The minimum atomic E-state index is -2.60. The second-order valence-electron chi connectivity index (χ2n) is 11.6. The number of aryl methyl sites for hydroxylation is 4. The van der Waals surface area contributed by atoms with E-state index in [2.05, 4.69) is 10.3 Å². The molecule has 12 heteroatoms. The van der Waals surface area contributed by atoms with Gasteiger partial charge < -0.3 is 34.1 Å². The van der Waals surface area contributed by atoms with E-state index in [-0.39, 0.29) is 29.4 Å². The quantitative estimate of drug-likeness (QED) is 0.0940. The van der Waals surface area contributed by atoms with Gasteiger partial charge in [0.05, 0.1) is 5.60 Å². The Balaban J connectivity index is 1.66. The summed E-state index contributed by atoms with van der Waals surface area (Å²) in [5.74, 6) is 0.0941. The number of amides is 1. The molecule has 0 aliphatic heterocycles. The Kier molecular flexibility index (Phi) is 9.44. The third-order valence-electron chi connectivity index (χ3n) is 7.71. The van der Waals surface area contributed by atoms with Crippen molar-refractivity contribution in [3.63, 3.8) is 0 Å². The number of fused-ring (bicyclic) bond motifs is 1. The van der Waals surface area contributed by atoms with E-state index in [1.165, 1.54) is 16.7 Å². The summed E-state index contributed by atoms with van der Waals surface area (Å²) in [4.78, 5) is 47.9. The van der Waals surface area contributed by atoms with Crippen LogP contribution in [0.5, 0.6) is 11.5 Å². The van der Waals surface area contributed by atoms with Crippen LogP contribution in [0.2, 0.25) is 0 Å². The summed E-state index contributed by atoms with van der Waals surface area (Å²) in [7, 11) is -0.981. The van der Waals surface area contributed by atoms with Gasteiger partial charge in [-0.2, -0.15) is 0 Å². The van der Waals surface area contributed by atoms with E-state index < -0.39 is 20.1 Å². The summed E-state index contributed by atoms with van der Waals surface area (Å²) in [6.45, 7) is 8.68. The van der Waals surface area contributed by atoms with Crippen LogP contribution in [-0.2, 0) is 21.9 Å². The lowest BCUT2D eigenvalue weighted by Crippen LogP contribution is -2.23. The van der Waals surface area contributed by atoms with Crippen LogP contribution in [0.3, 0.4) is 0 Å². The van der Waals surface area contributed by atoms with Crippen LogP contribution in [0.4, 0.5) is 10.1 Å². The number of ether oxygens (including phenoxy) is 2. The van der Waals surface area contributed by atoms with E-state index in [1.807, 2.05) is 25.1 Å². The molecule has 10 nitrogen and oxygen atoms in total. The SMILES string of the molecule is Cc1ccc(NC(=O)c2cc3c(-c4cc(C(C)(C)OCOP(O)O)ccc4Oc4c(C)cc(F)cc4C)cn(C)c(=O)c3[nH]2)cc1. The normalized spacial score (nSPS) is 11.8. The van der Waals surface area contributed by atoms with Crippen LogP contribution >= 0.6 is 8.60 Å². The topological polar surface area (TPSA) is 135 Å². The Morgan fingerprint density at radius 2 is 1.67 bits per heavy atom. The Morgan fingerprint density at radius 3 is 2.33 bits per heavy atom. The number of aromatic amines is 1. The summed E-state index contributed by atoms with van der Waals surface area (Å²) in [6, 6.07) is 17.2. The van der Waals surface area contributed by atoms with Gasteiger partial charge >= 0.3 is 8.60 Å². The number of pyridine rings is 1. The smallest absolute Gasteiger partial charge is 0.329 e. The summed E-state index contributed by atoms with van der Waals surface area (Å²) in [5, 5.41) is 3.35. The highest BCUT2D eigenvalue weighted by molar-refractivity contribution is 7.39. The number of aromatic nitrogens is 2. The van der Waals surface area contributed by atoms with E-state index in [9.17, 15) is 14.0 Å². The van der Waals surface area contributed by atoms with Crippen molar-refractivity contribution >= 4 is 31.1 Å². The molecule has 3 aromatic carbocycles. The fourth-order valence-corrected chi connectivity index (χ4v) is 5.33. The summed E-state index contributed by atoms with van der Waals surface area (Å²) in [6.07, 6.45) is 1.66. The highest BCUT2D eigenvalue weighted by atomic mass is 31.2. The van der Waals surface area contributed by atoms with Gasteiger partial charge in [-0.1, -0.05) is 23.8 Å². The van der Waals surface area contributed by atoms with Gasteiger partial charge in [0, 0.05) is 35.4 Å². The van der Waals surface area contributed by atoms with Crippen LogP contribution < -0.4 is 15.6 Å². The van der Waals surface area contributed by atoms with E-state index in [0.717, 1.165) is 5.56 Å². The molecule has 0 fully saturated rings. The van der Waals surface area contributed by atoms with Gasteiger partial charge in [0.25, 0.3) is 11.5 Å². The summed E-state index contributed by atoms with van der Waals surface area (Å²) >= 11 is 0. The fourth-order valence-electron chi connectivity index (χ4n) is 5.18. The lowest BCUT2D eigenvalue weighted by Gasteiger charge is -2.27. The zero-order chi connectivity index (χ0) is 33.3. The largest absolute Gasteiger partial charge is 0.456 e. The lowest BCUT2D eigenvalue weighted by atomic mass is 9.92. The van der Waals surface area contributed by atoms with Gasteiger partial charge in [0.2, 0.25) is 0 Å². The summed E-state index contributed by atoms with van der Waals surface area (Å²) in [5.41, 5.74) is 3.80. The molecule has 0 unspecified atom stereocenters. The lowest BCUT2D eigenvalue weighted by molar-refractivity contribution is -0.0932. The maximum absolute atomic E-state index is 14.1. The van der Waals surface area contributed by atoms with Crippen molar-refractivity contribution in [1.82, 2.24) is 9.55 Å². The monoisotopic (exact) mass is 647 g/mol. The molecular formula is C34H35FN3O7P. The number of halogens is 1. The molecule has 5 rings (SSSR count). The molecular weight excluding hydrogens is 612 g/mol. The van der Waals surface area contributed by atoms with Gasteiger partial charge in [-0.15, -0.1) is 0 Å². The average Bonchev–Trinajstić information content (AvgIpc) is 3.44. The van der Waals surface area contributed by atoms with Crippen molar-refractivity contribution in [2.24, 2.45) is 7.05 Å². The third kappa shape index (κ3) is 7.04. The van der Waals surface area contributed by atoms with Gasteiger partial charge in [-0.3, -0.25) is 14.1 Å². The van der Waals surface area contributed by atoms with E-state index in [4.69, 9.17) is 23.8 Å². The molecule has 0 spiro atoms. The molecule has 1 amide bonds. The molecule has 0 aliphatic rings. The predicted octanol–water partition coefficient (Wildman–Crippen LogP) is 7.08. The standard InChI is InChI=1S/C34H35FN3O7P/c1-19-7-10-24(11-8-19)36-32(39)28-16-26-27(17-38(6)33(40)30(26)37-28)25-15-22(34(4,5)43-18-44-46(41)42)9-12-29(25)45-31-20(2)13-23(35)14-21(31)3/h7-17,37,41-42H,18H2,1-6H3,(H,36,39). The number of rotatable bonds is 10. The molecule has 0 saturated heterocycles. The zero-order valence-electron chi connectivity index (χ0n) is 26.3. The van der Waals surface area contributed by atoms with Gasteiger partial charge in [0.15, 0.2) is 6.79 Å². The number of hydrogen-bond acceptors (Lipinski definition) is 7. The molecule has 5 aromatic rings. The first-order valence-electron chi connectivity index (χ1n) is 14.4. The number of H-pyrrole nitrogens is 1. The predicted molar refractivity (Wildman–Crippen MR) is 175 cm³/mol. The minimum Gasteiger partial charge on any atom is -0.456 e. The van der Waals surface area contributed by atoms with Crippen LogP contribution in [0.1, 0.15) is 46.6 Å². The van der Waals surface area contributed by atoms with Crippen molar-refractivity contribution in [2.45, 2.75) is 40.2 Å². The second kappa shape index (κ2) is 13.2. The number of nitrogens with one attached hydrogen (secondary N) is 2. The van der Waals surface area contributed by atoms with Gasteiger partial charge in [-0.05, 0) is 93.8 Å². The van der Waals surface area contributed by atoms with Gasteiger partial charge in [0.1, 0.15) is 28.5 Å². The molecule has 0 atom stereocenters. The fraction of sp³-hybridized carbons (Fsp3) is 0.235. The first-order chi connectivity index (χ1) is 21.7. The number of carbonyl (C=O) groups is 1. The number of hydrogen-bond donors (Lipinski definition) is 4.